The molecule has 0 saturated heterocycles. The lowest BCUT2D eigenvalue weighted by molar-refractivity contribution is 0.399. The highest BCUT2D eigenvalue weighted by Gasteiger charge is 2.08. The molecular weight excluding hydrogens is 184 g/mol. The van der Waals surface area contributed by atoms with Crippen molar-refractivity contribution in [1.29, 1.82) is 0 Å². The molecule has 0 aliphatic carbocycles. The highest BCUT2D eigenvalue weighted by atomic mass is 15.0. The van der Waals surface area contributed by atoms with Crippen LogP contribution < -0.4 is 0 Å². The smallest absolute Gasteiger partial charge is 0.0182 e. The molecule has 0 amide bonds. The molecule has 15 heavy (non-hydrogen) atoms. The molecule has 0 aliphatic rings. The Hall–Kier alpha value is -0.760. The molecule has 1 N–H and O–H groups in total. The van der Waals surface area contributed by atoms with Gasteiger partial charge in [-0.25, -0.2) is 0 Å². The van der Waals surface area contributed by atoms with Crippen LogP contribution in [0, 0.1) is 13.8 Å². The summed E-state index contributed by atoms with van der Waals surface area (Å²) in [5.74, 6) is 0. The lowest BCUT2D eigenvalue weighted by Crippen LogP contribution is -2.13. The maximum Gasteiger partial charge on any atom is 0.0182 e. The molecule has 0 spiro atoms. The minimum absolute atomic E-state index is 1.14. The van der Waals surface area contributed by atoms with Crippen LogP contribution >= 0.6 is 0 Å². The summed E-state index contributed by atoms with van der Waals surface area (Å²) >= 11 is 0. The number of rotatable bonds is 5. The van der Waals surface area contributed by atoms with Crippen LogP contribution in [0.4, 0.5) is 0 Å². The number of hydrogen-bond acceptors (Lipinski definition) is 1. The number of nitrogens with zero attached hydrogens (tertiary/aromatic N) is 1. The topological polar surface area (TPSA) is 19.0 Å². The zero-order valence-corrected chi connectivity index (χ0v) is 10.8. The Morgan fingerprint density at radius 2 is 1.87 bits per heavy atom. The molecule has 0 bridgehead atoms. The molecule has 2 heteroatoms. The molecule has 0 aromatic carbocycles. The van der Waals surface area contributed by atoms with Crippen LogP contribution in [0.3, 0.4) is 0 Å². The molecule has 0 atom stereocenters. The Kier molecular flexibility index (Phi) is 4.40. The SMILES string of the molecule is CCc1c(C)[nH]c(CCCN(C)C)c1C. The molecule has 0 saturated carbocycles. The van der Waals surface area contributed by atoms with Crippen molar-refractivity contribution in [2.75, 3.05) is 20.6 Å². The van der Waals surface area contributed by atoms with Gasteiger partial charge in [0.05, 0.1) is 0 Å². The highest BCUT2D eigenvalue weighted by Crippen LogP contribution is 2.19. The van der Waals surface area contributed by atoms with E-state index in [0.29, 0.717) is 0 Å². The number of aromatic nitrogens is 1. The molecule has 0 unspecified atom stereocenters. The van der Waals surface area contributed by atoms with E-state index >= 15 is 0 Å². The summed E-state index contributed by atoms with van der Waals surface area (Å²) in [6.07, 6.45) is 3.55. The van der Waals surface area contributed by atoms with Crippen LogP contribution in [0.25, 0.3) is 0 Å². The Morgan fingerprint density at radius 3 is 2.33 bits per heavy atom. The van der Waals surface area contributed by atoms with Gasteiger partial charge in [0, 0.05) is 11.4 Å². The van der Waals surface area contributed by atoms with Crippen molar-refractivity contribution in [3.63, 3.8) is 0 Å². The van der Waals surface area contributed by atoms with E-state index in [4.69, 9.17) is 0 Å². The van der Waals surface area contributed by atoms with Gasteiger partial charge in [-0.15, -0.1) is 0 Å². The molecule has 0 radical (unpaired) electrons. The minimum atomic E-state index is 1.14. The fourth-order valence-corrected chi connectivity index (χ4v) is 2.21. The molecule has 1 aromatic heterocycles. The van der Waals surface area contributed by atoms with Crippen molar-refractivity contribution < 1.29 is 0 Å². The van der Waals surface area contributed by atoms with Gasteiger partial charge in [0.1, 0.15) is 0 Å². The Bertz CT molecular complexity index is 311. The zero-order valence-electron chi connectivity index (χ0n) is 10.8. The first-order chi connectivity index (χ1) is 7.06. The van der Waals surface area contributed by atoms with E-state index in [0.717, 1.165) is 6.42 Å². The summed E-state index contributed by atoms with van der Waals surface area (Å²) in [6.45, 7) is 7.82. The van der Waals surface area contributed by atoms with Gasteiger partial charge in [0.15, 0.2) is 0 Å². The maximum absolute atomic E-state index is 3.52. The summed E-state index contributed by atoms with van der Waals surface area (Å²) in [6, 6.07) is 0. The van der Waals surface area contributed by atoms with Crippen LogP contribution in [0.2, 0.25) is 0 Å². The first-order valence-corrected chi connectivity index (χ1v) is 5.87. The van der Waals surface area contributed by atoms with Gasteiger partial charge in [0.25, 0.3) is 0 Å². The Labute approximate surface area is 93.7 Å². The Balaban J connectivity index is 2.62. The second-order valence-electron chi connectivity index (χ2n) is 4.59. The second kappa shape index (κ2) is 5.36. The molecule has 2 nitrogen and oxygen atoms in total. The first-order valence-electron chi connectivity index (χ1n) is 5.87. The van der Waals surface area contributed by atoms with Crippen LogP contribution in [0.5, 0.6) is 0 Å². The summed E-state index contributed by atoms with van der Waals surface area (Å²) in [5.41, 5.74) is 5.78. The van der Waals surface area contributed by atoms with Crippen molar-refractivity contribution in [3.8, 4) is 0 Å². The zero-order chi connectivity index (χ0) is 11.4. The van der Waals surface area contributed by atoms with Crippen LogP contribution in [0.1, 0.15) is 35.9 Å². The predicted molar refractivity (Wildman–Crippen MR) is 66.5 cm³/mol. The molecule has 86 valence electrons. The number of aromatic amines is 1. The van der Waals surface area contributed by atoms with Gasteiger partial charge in [0.2, 0.25) is 0 Å². The highest BCUT2D eigenvalue weighted by molar-refractivity contribution is 5.35. The van der Waals surface area contributed by atoms with Crippen molar-refractivity contribution >= 4 is 0 Å². The quantitative estimate of drug-likeness (QED) is 0.788. The van der Waals surface area contributed by atoms with Gasteiger partial charge >= 0.3 is 0 Å². The van der Waals surface area contributed by atoms with Crippen LogP contribution in [0.15, 0.2) is 0 Å². The van der Waals surface area contributed by atoms with Crippen LogP contribution in [-0.4, -0.2) is 30.5 Å². The molecule has 1 heterocycles. The number of H-pyrrole nitrogens is 1. The van der Waals surface area contributed by atoms with Gasteiger partial charge in [-0.3, -0.25) is 0 Å². The monoisotopic (exact) mass is 208 g/mol. The average Bonchev–Trinajstić information content (AvgIpc) is 2.41. The predicted octanol–water partition coefficient (Wildman–Crippen LogP) is 2.69. The van der Waals surface area contributed by atoms with Crippen molar-refractivity contribution in [2.24, 2.45) is 0 Å². The Morgan fingerprint density at radius 1 is 1.20 bits per heavy atom. The summed E-state index contributed by atoms with van der Waals surface area (Å²) in [4.78, 5) is 5.76. The van der Waals surface area contributed by atoms with Gasteiger partial charge in [-0.05, 0) is 64.9 Å². The van der Waals surface area contributed by atoms with E-state index < -0.39 is 0 Å². The van der Waals surface area contributed by atoms with Gasteiger partial charge in [-0.1, -0.05) is 6.92 Å². The molecule has 0 fully saturated rings. The summed E-state index contributed by atoms with van der Waals surface area (Å²) in [7, 11) is 4.26. The number of aryl methyl sites for hydroxylation is 2. The van der Waals surface area contributed by atoms with Gasteiger partial charge < -0.3 is 9.88 Å². The third-order valence-electron chi connectivity index (χ3n) is 3.08. The lowest BCUT2D eigenvalue weighted by Gasteiger charge is -2.08. The van der Waals surface area contributed by atoms with E-state index in [-0.39, 0.29) is 0 Å². The number of nitrogens with one attached hydrogen (secondary N) is 1. The van der Waals surface area contributed by atoms with E-state index in [1.54, 1.807) is 0 Å². The standard InChI is InChI=1S/C13H24N2/c1-6-12-10(2)13(14-11(12)3)8-7-9-15(4)5/h14H,6-9H2,1-5H3. The van der Waals surface area contributed by atoms with E-state index in [1.165, 1.54) is 41.9 Å². The first kappa shape index (κ1) is 12.3. The number of hydrogen-bond donors (Lipinski definition) is 1. The molecule has 0 aliphatic heterocycles. The van der Waals surface area contributed by atoms with Crippen molar-refractivity contribution in [1.82, 2.24) is 9.88 Å². The normalized spacial score (nSPS) is 11.3. The van der Waals surface area contributed by atoms with Gasteiger partial charge in [-0.2, -0.15) is 0 Å². The average molecular weight is 208 g/mol. The molecular formula is C13H24N2. The molecule has 1 aromatic rings. The van der Waals surface area contributed by atoms with Crippen LogP contribution in [-0.2, 0) is 12.8 Å². The fourth-order valence-electron chi connectivity index (χ4n) is 2.21. The van der Waals surface area contributed by atoms with E-state index in [9.17, 15) is 0 Å². The van der Waals surface area contributed by atoms with E-state index in [1.807, 2.05) is 0 Å². The van der Waals surface area contributed by atoms with Crippen molar-refractivity contribution in [2.45, 2.75) is 40.0 Å². The maximum atomic E-state index is 3.52. The largest absolute Gasteiger partial charge is 0.362 e. The van der Waals surface area contributed by atoms with E-state index in [2.05, 4.69) is 44.8 Å². The minimum Gasteiger partial charge on any atom is -0.362 e. The summed E-state index contributed by atoms with van der Waals surface area (Å²) < 4.78 is 0. The lowest BCUT2D eigenvalue weighted by atomic mass is 10.1. The molecule has 1 rings (SSSR count). The summed E-state index contributed by atoms with van der Waals surface area (Å²) in [5, 5.41) is 0. The third kappa shape index (κ3) is 3.10. The second-order valence-corrected chi connectivity index (χ2v) is 4.59. The fraction of sp³-hybridized carbons (Fsp3) is 0.692. The van der Waals surface area contributed by atoms with Crippen molar-refractivity contribution in [3.05, 3.63) is 22.5 Å². The third-order valence-corrected chi connectivity index (χ3v) is 3.08.